The fourth-order valence-electron chi connectivity index (χ4n) is 5.11. The Balaban J connectivity index is 1.46. The molecule has 3 aliphatic rings. The molecule has 1 aromatic heterocycles. The molecule has 1 aliphatic carbocycles. The lowest BCUT2D eigenvalue weighted by atomic mass is 9.77. The van der Waals surface area contributed by atoms with E-state index in [-0.39, 0.29) is 41.9 Å². The molecule has 36 heavy (non-hydrogen) atoms. The number of hydrogen-bond acceptors (Lipinski definition) is 10. The van der Waals surface area contributed by atoms with Gasteiger partial charge in [0.05, 0.1) is 30.8 Å². The van der Waals surface area contributed by atoms with Gasteiger partial charge in [-0.2, -0.15) is 10.1 Å². The second kappa shape index (κ2) is 8.26. The number of benzene rings is 2. The van der Waals surface area contributed by atoms with Gasteiger partial charge in [0.25, 0.3) is 5.69 Å². The number of carbonyl (C=O) groups is 1. The van der Waals surface area contributed by atoms with E-state index in [4.69, 9.17) is 18.9 Å². The van der Waals surface area contributed by atoms with Gasteiger partial charge in [-0.15, -0.1) is 0 Å². The Bertz CT molecular complexity index is 1450. The second-order valence-electron chi connectivity index (χ2n) is 8.61. The number of nitrogens with one attached hydrogen (secondary N) is 1. The Morgan fingerprint density at radius 3 is 2.64 bits per heavy atom. The molecule has 0 fully saturated rings. The minimum Gasteiger partial charge on any atom is -0.493 e. The van der Waals surface area contributed by atoms with Gasteiger partial charge in [-0.05, 0) is 36.1 Å². The quantitative estimate of drug-likeness (QED) is 0.417. The number of allylic oxidation sites excluding steroid dienone is 2. The number of methoxy groups -OCH3 is 2. The zero-order valence-corrected chi connectivity index (χ0v) is 19.4. The Morgan fingerprint density at radius 2 is 1.89 bits per heavy atom. The zero-order valence-electron chi connectivity index (χ0n) is 19.4. The van der Waals surface area contributed by atoms with Crippen molar-refractivity contribution in [1.82, 2.24) is 14.8 Å². The molecule has 12 nitrogen and oxygen atoms in total. The van der Waals surface area contributed by atoms with Gasteiger partial charge in [0.1, 0.15) is 12.4 Å². The summed E-state index contributed by atoms with van der Waals surface area (Å²) < 4.78 is 23.1. The molecule has 184 valence electrons. The monoisotopic (exact) mass is 491 g/mol. The number of fused-ring (bicyclic) bond motifs is 2. The van der Waals surface area contributed by atoms with E-state index in [0.717, 1.165) is 5.56 Å². The molecule has 2 aliphatic heterocycles. The molecule has 12 heteroatoms. The van der Waals surface area contributed by atoms with Crippen molar-refractivity contribution in [2.75, 3.05) is 26.3 Å². The number of rotatable bonds is 5. The first-order valence-corrected chi connectivity index (χ1v) is 11.2. The minimum atomic E-state index is -0.840. The van der Waals surface area contributed by atoms with Gasteiger partial charge >= 0.3 is 0 Å². The highest BCUT2D eigenvalue weighted by Crippen LogP contribution is 2.49. The van der Waals surface area contributed by atoms with Crippen LogP contribution in [0.15, 0.2) is 47.9 Å². The third-order valence-electron chi connectivity index (χ3n) is 6.75. The van der Waals surface area contributed by atoms with Crippen molar-refractivity contribution in [2.24, 2.45) is 0 Å². The maximum atomic E-state index is 13.7. The number of aromatic nitrogens is 3. The number of Topliss-reactive ketones (excluding diaryl/α,β-unsaturated/α-hetero) is 1. The van der Waals surface area contributed by atoms with Crippen LogP contribution in [0, 0.1) is 10.1 Å². The van der Waals surface area contributed by atoms with E-state index in [2.05, 4.69) is 15.4 Å². The average Bonchev–Trinajstić information content (AvgIpc) is 3.54. The van der Waals surface area contributed by atoms with Crippen LogP contribution in [0.25, 0.3) is 0 Å². The summed E-state index contributed by atoms with van der Waals surface area (Å²) in [6, 6.07) is 7.64. The zero-order chi connectivity index (χ0) is 25.0. The topological polar surface area (TPSA) is 140 Å². The van der Waals surface area contributed by atoms with Crippen LogP contribution in [-0.2, 0) is 4.79 Å². The highest BCUT2D eigenvalue weighted by molar-refractivity contribution is 6.00. The van der Waals surface area contributed by atoms with Gasteiger partial charge in [0.15, 0.2) is 28.8 Å². The van der Waals surface area contributed by atoms with E-state index in [1.54, 1.807) is 20.3 Å². The molecule has 0 saturated heterocycles. The fraction of sp³-hybridized carbons (Fsp3) is 0.292. The molecule has 0 bridgehead atoms. The van der Waals surface area contributed by atoms with E-state index in [9.17, 15) is 14.9 Å². The number of nitro benzene ring substituents is 1. The average molecular weight is 491 g/mol. The molecule has 3 heterocycles. The Kier molecular flexibility index (Phi) is 5.02. The summed E-state index contributed by atoms with van der Waals surface area (Å²) in [6.07, 6.45) is 2.07. The SMILES string of the molecule is COc1ccc([C@@H]2CC(=O)C3=C(C2)Nc2ncnn2[C@@H]3c2cc3c(cc2[N+](=O)[O-])OCO3)cc1OC. The van der Waals surface area contributed by atoms with Gasteiger partial charge in [-0.25, -0.2) is 4.68 Å². The van der Waals surface area contributed by atoms with E-state index < -0.39 is 11.0 Å². The van der Waals surface area contributed by atoms with Crippen molar-refractivity contribution >= 4 is 17.4 Å². The normalized spacial score (nSPS) is 19.9. The minimum absolute atomic E-state index is 0.0311. The maximum absolute atomic E-state index is 13.7. The fourth-order valence-corrected chi connectivity index (χ4v) is 5.11. The highest BCUT2D eigenvalue weighted by atomic mass is 16.7. The van der Waals surface area contributed by atoms with Crippen LogP contribution in [0.3, 0.4) is 0 Å². The number of hydrogen-bond donors (Lipinski definition) is 1. The molecule has 0 amide bonds. The van der Waals surface area contributed by atoms with Crippen LogP contribution in [-0.4, -0.2) is 46.5 Å². The summed E-state index contributed by atoms with van der Waals surface area (Å²) in [4.78, 5) is 29.5. The summed E-state index contributed by atoms with van der Waals surface area (Å²) in [5.74, 6) is 1.97. The number of anilines is 1. The lowest BCUT2D eigenvalue weighted by molar-refractivity contribution is -0.385. The maximum Gasteiger partial charge on any atom is 0.279 e. The van der Waals surface area contributed by atoms with Crippen LogP contribution < -0.4 is 24.3 Å². The van der Waals surface area contributed by atoms with Crippen LogP contribution in [0.1, 0.15) is 35.9 Å². The van der Waals surface area contributed by atoms with E-state index in [1.165, 1.54) is 17.1 Å². The van der Waals surface area contributed by atoms with E-state index in [1.807, 2.05) is 18.2 Å². The molecule has 1 N–H and O–H groups in total. The van der Waals surface area contributed by atoms with Crippen molar-refractivity contribution in [3.05, 3.63) is 69.2 Å². The van der Waals surface area contributed by atoms with E-state index in [0.29, 0.717) is 40.9 Å². The molecule has 0 saturated carbocycles. The number of ketones is 1. The van der Waals surface area contributed by atoms with Crippen LogP contribution in [0.2, 0.25) is 0 Å². The largest absolute Gasteiger partial charge is 0.493 e. The lowest BCUT2D eigenvalue weighted by Crippen LogP contribution is -2.34. The van der Waals surface area contributed by atoms with Crippen LogP contribution in [0.5, 0.6) is 23.0 Å². The Labute approximate surface area is 204 Å². The van der Waals surface area contributed by atoms with Crippen LogP contribution in [0.4, 0.5) is 11.6 Å². The molecule has 6 rings (SSSR count). The summed E-state index contributed by atoms with van der Waals surface area (Å²) in [7, 11) is 3.13. The lowest BCUT2D eigenvalue weighted by Gasteiger charge is -2.35. The number of ether oxygens (including phenoxy) is 4. The second-order valence-corrected chi connectivity index (χ2v) is 8.61. The smallest absolute Gasteiger partial charge is 0.279 e. The Hall–Kier alpha value is -4.61. The molecule has 3 aromatic rings. The summed E-state index contributed by atoms with van der Waals surface area (Å²) in [5, 5.41) is 19.5. The van der Waals surface area contributed by atoms with Crippen molar-refractivity contribution in [3.8, 4) is 23.0 Å². The molecule has 0 spiro atoms. The molecule has 0 radical (unpaired) electrons. The molecule has 0 unspecified atom stereocenters. The van der Waals surface area contributed by atoms with Gasteiger partial charge in [0, 0.05) is 17.7 Å². The number of carbonyl (C=O) groups excluding carboxylic acids is 1. The van der Waals surface area contributed by atoms with Crippen molar-refractivity contribution in [2.45, 2.75) is 24.8 Å². The predicted molar refractivity (Wildman–Crippen MR) is 125 cm³/mol. The van der Waals surface area contributed by atoms with Gasteiger partial charge in [-0.1, -0.05) is 6.07 Å². The van der Waals surface area contributed by atoms with Crippen molar-refractivity contribution in [3.63, 3.8) is 0 Å². The summed E-state index contributed by atoms with van der Waals surface area (Å²) in [6.45, 7) is -0.0311. The third kappa shape index (κ3) is 3.33. The predicted octanol–water partition coefficient (Wildman–Crippen LogP) is 3.35. The summed E-state index contributed by atoms with van der Waals surface area (Å²) >= 11 is 0. The van der Waals surface area contributed by atoms with Crippen LogP contribution >= 0.6 is 0 Å². The number of nitrogens with zero attached hydrogens (tertiary/aromatic N) is 4. The highest BCUT2D eigenvalue weighted by Gasteiger charge is 2.42. The standard InChI is InChI=1S/C24H21N5O7/c1-33-18-4-3-12(7-19(18)34-2)13-5-15-22(17(30)6-13)23(28-24(27-15)25-10-26-28)14-8-20-21(36-11-35-20)9-16(14)29(31)32/h3-4,7-10,13,23H,5-6,11H2,1-2H3,(H,25,26,27)/t13-,23+/m0/s1. The Morgan fingerprint density at radius 1 is 1.11 bits per heavy atom. The first-order valence-electron chi connectivity index (χ1n) is 11.2. The van der Waals surface area contributed by atoms with Gasteiger partial charge in [-0.3, -0.25) is 14.9 Å². The molecular weight excluding hydrogens is 470 g/mol. The molecular formula is C24H21N5O7. The van der Waals surface area contributed by atoms with E-state index >= 15 is 0 Å². The summed E-state index contributed by atoms with van der Waals surface area (Å²) in [5.41, 5.74) is 2.10. The number of nitro groups is 1. The molecule has 2 atom stereocenters. The van der Waals surface area contributed by atoms with Gasteiger partial charge < -0.3 is 24.3 Å². The van der Waals surface area contributed by atoms with Crippen molar-refractivity contribution < 1.29 is 28.7 Å². The third-order valence-corrected chi connectivity index (χ3v) is 6.75. The first-order chi connectivity index (χ1) is 17.5. The first kappa shape index (κ1) is 21.9. The van der Waals surface area contributed by atoms with Gasteiger partial charge in [0.2, 0.25) is 12.7 Å². The van der Waals surface area contributed by atoms with Crippen molar-refractivity contribution in [1.29, 1.82) is 0 Å². The molecule has 2 aromatic carbocycles.